The number of carbonyl (C=O) groups excluding carboxylic acids is 1. The zero-order valence-electron chi connectivity index (χ0n) is 10.2. The molecule has 2 rings (SSSR count). The Bertz CT molecular complexity index is 326. The SMILES string of the molecule is CC1(C(=O)O)CCCCN1C(=O)C1CCNC1. The van der Waals surface area contributed by atoms with Gasteiger partial charge < -0.3 is 15.3 Å². The summed E-state index contributed by atoms with van der Waals surface area (Å²) in [5.41, 5.74) is -1.00. The summed E-state index contributed by atoms with van der Waals surface area (Å²) in [5, 5.41) is 12.5. The standard InChI is InChI=1S/C12H20N2O3/c1-12(11(16)17)5-2-3-7-14(12)10(15)9-4-6-13-8-9/h9,13H,2-8H2,1H3,(H,16,17). The molecule has 5 heteroatoms. The molecule has 0 radical (unpaired) electrons. The Morgan fingerprint density at radius 1 is 1.41 bits per heavy atom. The fraction of sp³-hybridized carbons (Fsp3) is 0.833. The van der Waals surface area contributed by atoms with Gasteiger partial charge in [0.15, 0.2) is 0 Å². The van der Waals surface area contributed by atoms with Crippen LogP contribution in [0, 0.1) is 5.92 Å². The third-order valence-corrected chi connectivity index (χ3v) is 4.03. The van der Waals surface area contributed by atoms with E-state index in [1.54, 1.807) is 11.8 Å². The molecule has 0 spiro atoms. The van der Waals surface area contributed by atoms with Crippen molar-refractivity contribution >= 4 is 11.9 Å². The van der Waals surface area contributed by atoms with E-state index in [4.69, 9.17) is 0 Å². The lowest BCUT2D eigenvalue weighted by atomic mass is 9.87. The second-order valence-electron chi connectivity index (χ2n) is 5.22. The van der Waals surface area contributed by atoms with Gasteiger partial charge >= 0.3 is 5.97 Å². The zero-order chi connectivity index (χ0) is 12.5. The van der Waals surface area contributed by atoms with E-state index in [2.05, 4.69) is 5.32 Å². The number of aliphatic carboxylic acids is 1. The summed E-state index contributed by atoms with van der Waals surface area (Å²) >= 11 is 0. The number of amides is 1. The Balaban J connectivity index is 2.15. The summed E-state index contributed by atoms with van der Waals surface area (Å²) in [6, 6.07) is 0. The van der Waals surface area contributed by atoms with E-state index >= 15 is 0 Å². The molecule has 2 N–H and O–H groups in total. The fourth-order valence-corrected chi connectivity index (χ4v) is 2.78. The molecule has 2 saturated heterocycles. The van der Waals surface area contributed by atoms with E-state index in [1.807, 2.05) is 0 Å². The van der Waals surface area contributed by atoms with E-state index in [0.717, 1.165) is 25.8 Å². The smallest absolute Gasteiger partial charge is 0.329 e. The van der Waals surface area contributed by atoms with Crippen LogP contribution in [0.2, 0.25) is 0 Å². The van der Waals surface area contributed by atoms with E-state index in [1.165, 1.54) is 0 Å². The molecule has 0 aliphatic carbocycles. The minimum Gasteiger partial charge on any atom is -0.480 e. The largest absolute Gasteiger partial charge is 0.480 e. The summed E-state index contributed by atoms with van der Waals surface area (Å²) in [6.07, 6.45) is 3.18. The summed E-state index contributed by atoms with van der Waals surface area (Å²) in [4.78, 5) is 25.3. The highest BCUT2D eigenvalue weighted by Gasteiger charge is 2.45. The second kappa shape index (κ2) is 4.64. The molecule has 0 bridgehead atoms. The van der Waals surface area contributed by atoms with Crippen LogP contribution in [-0.2, 0) is 9.59 Å². The molecule has 96 valence electrons. The number of nitrogens with one attached hydrogen (secondary N) is 1. The van der Waals surface area contributed by atoms with Crippen molar-refractivity contribution in [3.05, 3.63) is 0 Å². The Kier molecular flexibility index (Phi) is 3.38. The Morgan fingerprint density at radius 2 is 2.18 bits per heavy atom. The molecule has 2 fully saturated rings. The fourth-order valence-electron chi connectivity index (χ4n) is 2.78. The van der Waals surface area contributed by atoms with Crippen LogP contribution in [0.5, 0.6) is 0 Å². The van der Waals surface area contributed by atoms with Crippen molar-refractivity contribution in [2.75, 3.05) is 19.6 Å². The summed E-state index contributed by atoms with van der Waals surface area (Å²) < 4.78 is 0. The summed E-state index contributed by atoms with van der Waals surface area (Å²) in [6.45, 7) is 3.80. The second-order valence-corrected chi connectivity index (χ2v) is 5.22. The number of carboxylic acid groups (broad SMARTS) is 1. The predicted molar refractivity (Wildman–Crippen MR) is 62.6 cm³/mol. The number of rotatable bonds is 2. The minimum atomic E-state index is -1.00. The molecule has 17 heavy (non-hydrogen) atoms. The van der Waals surface area contributed by atoms with Crippen molar-refractivity contribution in [2.45, 2.75) is 38.1 Å². The topological polar surface area (TPSA) is 69.6 Å². The molecule has 2 atom stereocenters. The van der Waals surface area contributed by atoms with Crippen LogP contribution in [0.25, 0.3) is 0 Å². The Hall–Kier alpha value is -1.10. The van der Waals surface area contributed by atoms with Crippen LogP contribution in [0.15, 0.2) is 0 Å². The summed E-state index contributed by atoms with van der Waals surface area (Å²) in [5.74, 6) is -0.900. The Morgan fingerprint density at radius 3 is 2.76 bits per heavy atom. The molecule has 5 nitrogen and oxygen atoms in total. The number of carbonyl (C=O) groups is 2. The quantitative estimate of drug-likeness (QED) is 0.735. The van der Waals surface area contributed by atoms with Crippen LogP contribution < -0.4 is 5.32 Å². The monoisotopic (exact) mass is 240 g/mol. The highest BCUT2D eigenvalue weighted by Crippen LogP contribution is 2.30. The molecule has 1 amide bonds. The molecule has 2 unspecified atom stereocenters. The van der Waals surface area contributed by atoms with Gasteiger partial charge in [0.05, 0.1) is 5.92 Å². The maximum atomic E-state index is 12.3. The molecule has 2 aliphatic heterocycles. The van der Waals surface area contributed by atoms with E-state index in [-0.39, 0.29) is 11.8 Å². The van der Waals surface area contributed by atoms with Gasteiger partial charge in [-0.1, -0.05) is 0 Å². The van der Waals surface area contributed by atoms with Gasteiger partial charge in [0.25, 0.3) is 0 Å². The van der Waals surface area contributed by atoms with E-state index in [9.17, 15) is 14.7 Å². The number of likely N-dealkylation sites (tertiary alicyclic amines) is 1. The first-order chi connectivity index (χ1) is 8.05. The van der Waals surface area contributed by atoms with E-state index < -0.39 is 11.5 Å². The highest BCUT2D eigenvalue weighted by molar-refractivity contribution is 5.88. The number of carboxylic acids is 1. The van der Waals surface area contributed by atoms with Gasteiger partial charge in [0.2, 0.25) is 5.91 Å². The predicted octanol–water partition coefficient (Wildman–Crippen LogP) is 0.452. The molecular formula is C12H20N2O3. The molecule has 2 aliphatic rings. The van der Waals surface area contributed by atoms with Crippen molar-refractivity contribution in [1.82, 2.24) is 10.2 Å². The highest BCUT2D eigenvalue weighted by atomic mass is 16.4. The van der Waals surface area contributed by atoms with Crippen LogP contribution >= 0.6 is 0 Å². The van der Waals surface area contributed by atoms with Crippen LogP contribution in [-0.4, -0.2) is 47.1 Å². The van der Waals surface area contributed by atoms with Gasteiger partial charge in [-0.2, -0.15) is 0 Å². The lowest BCUT2D eigenvalue weighted by molar-refractivity contribution is -0.162. The zero-order valence-corrected chi connectivity index (χ0v) is 10.2. The van der Waals surface area contributed by atoms with Crippen molar-refractivity contribution in [3.8, 4) is 0 Å². The molecule has 0 aromatic rings. The average molecular weight is 240 g/mol. The maximum absolute atomic E-state index is 12.3. The van der Waals surface area contributed by atoms with Gasteiger partial charge in [-0.15, -0.1) is 0 Å². The maximum Gasteiger partial charge on any atom is 0.329 e. The lowest BCUT2D eigenvalue weighted by Gasteiger charge is -2.42. The molecule has 0 aromatic heterocycles. The summed E-state index contributed by atoms with van der Waals surface area (Å²) in [7, 11) is 0. The normalized spacial score (nSPS) is 33.7. The number of hydrogen-bond acceptors (Lipinski definition) is 3. The van der Waals surface area contributed by atoms with Crippen molar-refractivity contribution in [3.63, 3.8) is 0 Å². The molecule has 0 aromatic carbocycles. The first-order valence-electron chi connectivity index (χ1n) is 6.31. The third kappa shape index (κ3) is 2.16. The first kappa shape index (κ1) is 12.4. The van der Waals surface area contributed by atoms with Gasteiger partial charge in [0.1, 0.15) is 5.54 Å². The van der Waals surface area contributed by atoms with Gasteiger partial charge in [-0.25, -0.2) is 4.79 Å². The van der Waals surface area contributed by atoms with Gasteiger partial charge in [-0.05, 0) is 39.2 Å². The van der Waals surface area contributed by atoms with Crippen molar-refractivity contribution < 1.29 is 14.7 Å². The van der Waals surface area contributed by atoms with Crippen molar-refractivity contribution in [2.24, 2.45) is 5.92 Å². The lowest BCUT2D eigenvalue weighted by Crippen LogP contribution is -2.59. The van der Waals surface area contributed by atoms with Crippen LogP contribution in [0.1, 0.15) is 32.6 Å². The van der Waals surface area contributed by atoms with Gasteiger partial charge in [0, 0.05) is 13.1 Å². The minimum absolute atomic E-state index is 0.0135. The van der Waals surface area contributed by atoms with Crippen molar-refractivity contribution in [1.29, 1.82) is 0 Å². The number of nitrogens with zero attached hydrogens (tertiary/aromatic N) is 1. The van der Waals surface area contributed by atoms with Crippen LogP contribution in [0.4, 0.5) is 0 Å². The third-order valence-electron chi connectivity index (χ3n) is 4.03. The average Bonchev–Trinajstić information content (AvgIpc) is 2.82. The van der Waals surface area contributed by atoms with E-state index in [0.29, 0.717) is 19.5 Å². The molecular weight excluding hydrogens is 220 g/mol. The van der Waals surface area contributed by atoms with Gasteiger partial charge in [-0.3, -0.25) is 4.79 Å². The molecule has 0 saturated carbocycles. The van der Waals surface area contributed by atoms with Crippen LogP contribution in [0.3, 0.4) is 0 Å². The number of piperidine rings is 1. The first-order valence-corrected chi connectivity index (χ1v) is 6.31. The molecule has 2 heterocycles. The Labute approximate surface area is 101 Å². The number of hydrogen-bond donors (Lipinski definition) is 2.